The van der Waals surface area contributed by atoms with Crippen molar-refractivity contribution in [3.8, 4) is 0 Å². The van der Waals surface area contributed by atoms with E-state index in [0.717, 1.165) is 42.9 Å². The first-order chi connectivity index (χ1) is 12.5. The molecule has 4 aliphatic rings. The molecule has 0 aromatic rings. The SMILES string of the molecule is C=C[C@]1(C=N)[C@H]2C[C@H]2[C@H]2[C@H]3[C@@H](CCCC(=O)/C=C/C[C@H]3CC)CC[C@@]21C. The van der Waals surface area contributed by atoms with E-state index in [1.54, 1.807) is 6.21 Å². The van der Waals surface area contributed by atoms with Gasteiger partial charge in [-0.15, -0.1) is 6.58 Å². The van der Waals surface area contributed by atoms with E-state index >= 15 is 0 Å². The lowest BCUT2D eigenvalue weighted by Crippen LogP contribution is -2.51. The molecular formula is C24H35NO. The Labute approximate surface area is 159 Å². The number of nitrogens with one attached hydrogen (secondary N) is 1. The van der Waals surface area contributed by atoms with E-state index in [-0.39, 0.29) is 10.8 Å². The van der Waals surface area contributed by atoms with Crippen molar-refractivity contribution in [2.45, 2.75) is 65.2 Å². The van der Waals surface area contributed by atoms with Gasteiger partial charge in [0.1, 0.15) is 0 Å². The summed E-state index contributed by atoms with van der Waals surface area (Å²) < 4.78 is 0. The molecule has 0 heterocycles. The summed E-state index contributed by atoms with van der Waals surface area (Å²) in [6.45, 7) is 9.03. The Bertz CT molecular complexity index is 626. The molecule has 0 aromatic carbocycles. The molecule has 2 nitrogen and oxygen atoms in total. The molecule has 0 unspecified atom stereocenters. The lowest BCUT2D eigenvalue weighted by molar-refractivity contribution is -0.115. The summed E-state index contributed by atoms with van der Waals surface area (Å²) in [6, 6.07) is 0. The van der Waals surface area contributed by atoms with Crippen LogP contribution in [-0.4, -0.2) is 12.0 Å². The second-order valence-corrected chi connectivity index (χ2v) is 9.77. The summed E-state index contributed by atoms with van der Waals surface area (Å²) in [5, 5.41) is 8.30. The van der Waals surface area contributed by atoms with Gasteiger partial charge >= 0.3 is 0 Å². The van der Waals surface area contributed by atoms with Crippen molar-refractivity contribution >= 4 is 12.0 Å². The minimum absolute atomic E-state index is 0.0767. The Morgan fingerprint density at radius 2 is 2.19 bits per heavy atom. The molecule has 4 rings (SSSR count). The molecule has 3 saturated carbocycles. The normalized spacial score (nSPS) is 51.5. The smallest absolute Gasteiger partial charge is 0.155 e. The molecule has 0 spiro atoms. The van der Waals surface area contributed by atoms with E-state index in [1.807, 2.05) is 6.08 Å². The van der Waals surface area contributed by atoms with E-state index < -0.39 is 0 Å². The lowest BCUT2D eigenvalue weighted by Gasteiger charge is -2.55. The van der Waals surface area contributed by atoms with Crippen molar-refractivity contribution in [2.75, 3.05) is 0 Å². The largest absolute Gasteiger partial charge is 0.312 e. The van der Waals surface area contributed by atoms with Crippen LogP contribution in [-0.2, 0) is 4.79 Å². The van der Waals surface area contributed by atoms with Crippen LogP contribution >= 0.6 is 0 Å². The first-order valence-electron chi connectivity index (χ1n) is 10.9. The molecule has 4 aliphatic carbocycles. The third-order valence-electron chi connectivity index (χ3n) is 9.02. The van der Waals surface area contributed by atoms with Crippen molar-refractivity contribution in [3.63, 3.8) is 0 Å². The monoisotopic (exact) mass is 353 g/mol. The highest BCUT2D eigenvalue weighted by molar-refractivity contribution is 5.89. The van der Waals surface area contributed by atoms with Crippen LogP contribution in [0.5, 0.6) is 0 Å². The molecule has 0 bridgehead atoms. The van der Waals surface area contributed by atoms with E-state index in [9.17, 15) is 4.79 Å². The average molecular weight is 354 g/mol. The Balaban J connectivity index is 1.73. The van der Waals surface area contributed by atoms with Crippen LogP contribution in [0.15, 0.2) is 24.8 Å². The van der Waals surface area contributed by atoms with Gasteiger partial charge in [-0.2, -0.15) is 0 Å². The quantitative estimate of drug-likeness (QED) is 0.503. The molecule has 3 fully saturated rings. The summed E-state index contributed by atoms with van der Waals surface area (Å²) in [6.07, 6.45) is 17.0. The molecule has 0 aliphatic heterocycles. The molecule has 0 aromatic heterocycles. The fourth-order valence-electron chi connectivity index (χ4n) is 7.73. The highest BCUT2D eigenvalue weighted by Crippen LogP contribution is 2.78. The summed E-state index contributed by atoms with van der Waals surface area (Å²) in [5.41, 5.74) is 0.134. The maximum Gasteiger partial charge on any atom is 0.155 e. The number of carbonyl (C=O) groups is 1. The molecule has 0 radical (unpaired) electrons. The molecule has 0 amide bonds. The van der Waals surface area contributed by atoms with Crippen LogP contribution in [0.4, 0.5) is 0 Å². The average Bonchev–Trinajstić information content (AvgIpc) is 3.38. The van der Waals surface area contributed by atoms with E-state index in [4.69, 9.17) is 5.41 Å². The van der Waals surface area contributed by atoms with Gasteiger partial charge in [0.05, 0.1) is 0 Å². The fourth-order valence-corrected chi connectivity index (χ4v) is 7.73. The fraction of sp³-hybridized carbons (Fsp3) is 0.750. The number of fused-ring (bicyclic) bond motifs is 5. The summed E-state index contributed by atoms with van der Waals surface area (Å²) >= 11 is 0. The van der Waals surface area contributed by atoms with Crippen molar-refractivity contribution in [1.82, 2.24) is 0 Å². The van der Waals surface area contributed by atoms with Crippen LogP contribution < -0.4 is 0 Å². The van der Waals surface area contributed by atoms with Crippen LogP contribution in [0.3, 0.4) is 0 Å². The number of rotatable bonds is 3. The van der Waals surface area contributed by atoms with E-state index in [2.05, 4.69) is 32.6 Å². The number of hydrogen-bond acceptors (Lipinski definition) is 2. The predicted molar refractivity (Wildman–Crippen MR) is 107 cm³/mol. The maximum atomic E-state index is 12.0. The van der Waals surface area contributed by atoms with Gasteiger partial charge in [0.2, 0.25) is 0 Å². The number of ketones is 1. The van der Waals surface area contributed by atoms with Gasteiger partial charge in [0.25, 0.3) is 0 Å². The standard InChI is InChI=1S/C24H35NO/c1-4-16-8-6-10-18(26)11-7-9-17-12-13-23(3)22(21(16)17)19-14-20(19)24(23,5-2)15-25/h5-6,10,15-17,19-22,25H,2,4,7-9,11-14H2,1,3H3/b10-6+,25-15?/t16-,17+,19-,20+,21-,22+,23+,24+/m1/s1. The first-order valence-corrected chi connectivity index (χ1v) is 10.9. The highest BCUT2D eigenvalue weighted by atomic mass is 16.1. The molecule has 0 saturated heterocycles. The topological polar surface area (TPSA) is 40.9 Å². The Kier molecular flexibility index (Phi) is 4.52. The number of carbonyl (C=O) groups excluding carboxylic acids is 1. The first kappa shape index (κ1) is 18.2. The maximum absolute atomic E-state index is 12.0. The van der Waals surface area contributed by atoms with Gasteiger partial charge in [0, 0.05) is 18.1 Å². The zero-order chi connectivity index (χ0) is 18.5. The molecule has 2 heteroatoms. The third kappa shape index (κ3) is 2.36. The molecule has 142 valence electrons. The molecule has 26 heavy (non-hydrogen) atoms. The summed E-state index contributed by atoms with van der Waals surface area (Å²) in [4.78, 5) is 12.0. The lowest BCUT2D eigenvalue weighted by atomic mass is 9.48. The van der Waals surface area contributed by atoms with Gasteiger partial charge in [-0.25, -0.2) is 0 Å². The molecule has 8 atom stereocenters. The van der Waals surface area contributed by atoms with Crippen molar-refractivity contribution in [2.24, 2.45) is 46.3 Å². The Hall–Kier alpha value is -1.18. The Morgan fingerprint density at radius 1 is 1.38 bits per heavy atom. The van der Waals surface area contributed by atoms with Crippen molar-refractivity contribution < 1.29 is 4.79 Å². The van der Waals surface area contributed by atoms with Crippen LogP contribution in [0.1, 0.15) is 65.2 Å². The highest BCUT2D eigenvalue weighted by Gasteiger charge is 2.74. The molecular weight excluding hydrogens is 318 g/mol. The van der Waals surface area contributed by atoms with Crippen LogP contribution in [0, 0.1) is 51.7 Å². The van der Waals surface area contributed by atoms with Gasteiger partial charge in [-0.3, -0.25) is 4.79 Å². The van der Waals surface area contributed by atoms with Crippen molar-refractivity contribution in [3.05, 3.63) is 24.8 Å². The summed E-state index contributed by atoms with van der Waals surface area (Å²) in [5.74, 6) is 4.72. The zero-order valence-electron chi connectivity index (χ0n) is 16.5. The molecule has 1 N–H and O–H groups in total. The van der Waals surface area contributed by atoms with Crippen LogP contribution in [0.25, 0.3) is 0 Å². The minimum atomic E-state index is -0.0767. The second-order valence-electron chi connectivity index (χ2n) is 9.77. The Morgan fingerprint density at radius 3 is 2.88 bits per heavy atom. The van der Waals surface area contributed by atoms with Crippen LogP contribution in [0.2, 0.25) is 0 Å². The van der Waals surface area contributed by atoms with Crippen molar-refractivity contribution in [1.29, 1.82) is 5.41 Å². The number of allylic oxidation sites excluding steroid dienone is 3. The predicted octanol–water partition coefficient (Wildman–Crippen LogP) is 5.83. The van der Waals surface area contributed by atoms with Gasteiger partial charge in [0.15, 0.2) is 5.78 Å². The number of hydrogen-bond donors (Lipinski definition) is 1. The van der Waals surface area contributed by atoms with E-state index in [1.165, 1.54) is 32.1 Å². The van der Waals surface area contributed by atoms with Gasteiger partial charge in [-0.05, 0) is 85.5 Å². The van der Waals surface area contributed by atoms with Gasteiger partial charge in [-0.1, -0.05) is 32.4 Å². The van der Waals surface area contributed by atoms with Gasteiger partial charge < -0.3 is 5.41 Å². The third-order valence-corrected chi connectivity index (χ3v) is 9.02. The minimum Gasteiger partial charge on any atom is -0.312 e. The second kappa shape index (κ2) is 6.46. The zero-order valence-corrected chi connectivity index (χ0v) is 16.5. The summed E-state index contributed by atoms with van der Waals surface area (Å²) in [7, 11) is 0. The van der Waals surface area contributed by atoms with E-state index in [0.29, 0.717) is 17.6 Å².